The zero-order valence-electron chi connectivity index (χ0n) is 16.1. The van der Waals surface area contributed by atoms with Gasteiger partial charge < -0.3 is 9.47 Å². The Bertz CT molecular complexity index is 953. The van der Waals surface area contributed by atoms with Crippen molar-refractivity contribution < 1.29 is 9.47 Å². The maximum absolute atomic E-state index is 5.76. The molecular formula is C20H24N4O2S. The number of hydrazone groups is 1. The second-order valence-electron chi connectivity index (χ2n) is 6.17. The van der Waals surface area contributed by atoms with E-state index in [1.165, 1.54) is 10.4 Å². The van der Waals surface area contributed by atoms with Crippen LogP contribution in [0.1, 0.15) is 35.8 Å². The van der Waals surface area contributed by atoms with Gasteiger partial charge in [0.2, 0.25) is 0 Å². The molecule has 0 fully saturated rings. The van der Waals surface area contributed by atoms with Crippen LogP contribution in [0.5, 0.6) is 11.5 Å². The molecule has 27 heavy (non-hydrogen) atoms. The van der Waals surface area contributed by atoms with Crippen LogP contribution in [0, 0.1) is 13.8 Å². The molecule has 0 aliphatic heterocycles. The maximum Gasteiger partial charge on any atom is 0.161 e. The van der Waals surface area contributed by atoms with Crippen molar-refractivity contribution in [3.05, 3.63) is 40.5 Å². The van der Waals surface area contributed by atoms with Crippen molar-refractivity contribution in [2.75, 3.05) is 19.1 Å². The van der Waals surface area contributed by atoms with Gasteiger partial charge in [0.15, 0.2) is 17.3 Å². The predicted octanol–water partition coefficient (Wildman–Crippen LogP) is 4.94. The largest absolute Gasteiger partial charge is 0.493 e. The highest BCUT2D eigenvalue weighted by Crippen LogP contribution is 2.32. The molecule has 7 heteroatoms. The predicted molar refractivity (Wildman–Crippen MR) is 112 cm³/mol. The topological polar surface area (TPSA) is 68.6 Å². The van der Waals surface area contributed by atoms with E-state index in [1.807, 2.05) is 18.2 Å². The molecule has 0 unspecified atom stereocenters. The van der Waals surface area contributed by atoms with Crippen molar-refractivity contribution >= 4 is 33.6 Å². The van der Waals surface area contributed by atoms with E-state index in [0.717, 1.165) is 34.4 Å². The molecule has 6 nitrogen and oxygen atoms in total. The number of benzene rings is 1. The molecule has 0 aliphatic rings. The lowest BCUT2D eigenvalue weighted by Gasteiger charge is -2.10. The van der Waals surface area contributed by atoms with E-state index in [4.69, 9.17) is 9.47 Å². The first-order chi connectivity index (χ1) is 13.1. The number of ether oxygens (including phenoxy) is 2. The third kappa shape index (κ3) is 4.36. The van der Waals surface area contributed by atoms with Crippen molar-refractivity contribution in [2.45, 2.75) is 33.6 Å². The molecule has 2 aromatic heterocycles. The summed E-state index contributed by atoms with van der Waals surface area (Å²) in [4.78, 5) is 10.9. The number of fused-ring (bicyclic) bond motifs is 1. The van der Waals surface area contributed by atoms with Crippen LogP contribution in [0.15, 0.2) is 29.6 Å². The first-order valence-corrected chi connectivity index (χ1v) is 9.76. The van der Waals surface area contributed by atoms with Gasteiger partial charge in [-0.25, -0.2) is 9.97 Å². The smallest absolute Gasteiger partial charge is 0.161 e. The van der Waals surface area contributed by atoms with Crippen LogP contribution in [0.2, 0.25) is 0 Å². The normalized spacial score (nSPS) is 11.3. The maximum atomic E-state index is 5.76. The molecule has 2 heterocycles. The van der Waals surface area contributed by atoms with E-state index >= 15 is 0 Å². The summed E-state index contributed by atoms with van der Waals surface area (Å²) in [5, 5.41) is 5.36. The van der Waals surface area contributed by atoms with Crippen molar-refractivity contribution in [1.82, 2.24) is 9.97 Å². The average molecular weight is 385 g/mol. The molecule has 1 N–H and O–H groups in total. The molecule has 1 aromatic carbocycles. The molecule has 0 spiro atoms. The average Bonchev–Trinajstić information content (AvgIpc) is 2.97. The molecule has 0 bridgehead atoms. The van der Waals surface area contributed by atoms with E-state index in [-0.39, 0.29) is 0 Å². The molecule has 3 aromatic rings. The van der Waals surface area contributed by atoms with Crippen molar-refractivity contribution in [3.63, 3.8) is 0 Å². The first-order valence-electron chi connectivity index (χ1n) is 8.94. The van der Waals surface area contributed by atoms with Gasteiger partial charge in [0.05, 0.1) is 25.3 Å². The Morgan fingerprint density at radius 2 is 2.07 bits per heavy atom. The molecule has 0 amide bonds. The van der Waals surface area contributed by atoms with E-state index in [9.17, 15) is 0 Å². The highest BCUT2D eigenvalue weighted by molar-refractivity contribution is 7.18. The summed E-state index contributed by atoms with van der Waals surface area (Å²) in [5.74, 6) is 2.16. The third-order valence-electron chi connectivity index (χ3n) is 4.29. The van der Waals surface area contributed by atoms with E-state index < -0.39 is 0 Å². The number of hydrogen-bond donors (Lipinski definition) is 1. The number of aromatic nitrogens is 2. The fourth-order valence-corrected chi connectivity index (χ4v) is 3.64. The summed E-state index contributed by atoms with van der Waals surface area (Å²) in [6.45, 7) is 6.99. The number of rotatable bonds is 8. The summed E-state index contributed by atoms with van der Waals surface area (Å²) >= 11 is 1.66. The van der Waals surface area contributed by atoms with Gasteiger partial charge >= 0.3 is 0 Å². The van der Waals surface area contributed by atoms with Crippen LogP contribution in [0.3, 0.4) is 0 Å². The lowest BCUT2D eigenvalue weighted by atomic mass is 10.2. The lowest BCUT2D eigenvalue weighted by Crippen LogP contribution is -2.00. The fourth-order valence-electron chi connectivity index (χ4n) is 2.65. The van der Waals surface area contributed by atoms with Gasteiger partial charge in [-0.15, -0.1) is 11.3 Å². The molecule has 142 valence electrons. The number of anilines is 1. The van der Waals surface area contributed by atoms with Crippen LogP contribution in [0.25, 0.3) is 10.2 Å². The van der Waals surface area contributed by atoms with Crippen LogP contribution in [-0.4, -0.2) is 29.9 Å². The monoisotopic (exact) mass is 384 g/mol. The van der Waals surface area contributed by atoms with E-state index in [2.05, 4.69) is 41.3 Å². The van der Waals surface area contributed by atoms with E-state index in [0.29, 0.717) is 18.2 Å². The van der Waals surface area contributed by atoms with Crippen LogP contribution in [0.4, 0.5) is 5.82 Å². The quantitative estimate of drug-likeness (QED) is 0.338. The Labute approximate surface area is 163 Å². The summed E-state index contributed by atoms with van der Waals surface area (Å²) in [6, 6.07) is 5.76. The Morgan fingerprint density at radius 3 is 2.85 bits per heavy atom. The number of aryl methyl sites for hydroxylation is 2. The van der Waals surface area contributed by atoms with Crippen LogP contribution in [-0.2, 0) is 0 Å². The van der Waals surface area contributed by atoms with Gasteiger partial charge in [-0.1, -0.05) is 13.3 Å². The molecule has 0 saturated heterocycles. The van der Waals surface area contributed by atoms with Gasteiger partial charge in [0.25, 0.3) is 0 Å². The number of hydrogen-bond acceptors (Lipinski definition) is 7. The zero-order valence-corrected chi connectivity index (χ0v) is 16.9. The molecule has 0 radical (unpaired) electrons. The van der Waals surface area contributed by atoms with Gasteiger partial charge in [0.1, 0.15) is 11.2 Å². The molecule has 3 rings (SSSR count). The number of unbranched alkanes of at least 4 members (excludes halogenated alkanes) is 1. The lowest BCUT2D eigenvalue weighted by molar-refractivity contribution is 0.288. The number of methoxy groups -OCH3 is 1. The van der Waals surface area contributed by atoms with Crippen molar-refractivity contribution in [3.8, 4) is 11.5 Å². The van der Waals surface area contributed by atoms with Gasteiger partial charge in [-0.05, 0) is 49.6 Å². The number of thiophene rings is 1. The minimum atomic E-state index is 0.685. The zero-order chi connectivity index (χ0) is 19.2. The highest BCUT2D eigenvalue weighted by Gasteiger charge is 2.11. The summed E-state index contributed by atoms with van der Waals surface area (Å²) in [6.07, 6.45) is 5.41. The second kappa shape index (κ2) is 8.81. The molecular weight excluding hydrogens is 360 g/mol. The summed E-state index contributed by atoms with van der Waals surface area (Å²) < 4.78 is 11.2. The van der Waals surface area contributed by atoms with Crippen molar-refractivity contribution in [1.29, 1.82) is 0 Å². The Kier molecular flexibility index (Phi) is 6.24. The number of nitrogens with zero attached hydrogens (tertiary/aromatic N) is 3. The van der Waals surface area contributed by atoms with E-state index in [1.54, 1.807) is 31.0 Å². The summed E-state index contributed by atoms with van der Waals surface area (Å²) in [7, 11) is 1.64. The second-order valence-corrected chi connectivity index (χ2v) is 7.37. The van der Waals surface area contributed by atoms with Gasteiger partial charge in [-0.2, -0.15) is 5.10 Å². The molecule has 0 saturated carbocycles. The fraction of sp³-hybridized carbons (Fsp3) is 0.350. The Morgan fingerprint density at radius 1 is 1.22 bits per heavy atom. The summed E-state index contributed by atoms with van der Waals surface area (Å²) in [5.41, 5.74) is 5.13. The Hall–Kier alpha value is -2.67. The van der Waals surface area contributed by atoms with Gasteiger partial charge in [0, 0.05) is 4.88 Å². The Balaban J connectivity index is 1.75. The minimum absolute atomic E-state index is 0.685. The standard InChI is InChI=1S/C20H24N4O2S/c1-5-6-9-26-16-8-7-15(10-17(16)25-4)11-23-24-19-18-13(2)14(3)27-20(18)22-12-21-19/h7-8,10-12H,5-6,9H2,1-4H3,(H,21,22,24)/b23-11-. The SMILES string of the molecule is CCCCOc1ccc(/C=N\Nc2ncnc3sc(C)c(C)c23)cc1OC. The van der Waals surface area contributed by atoms with Crippen molar-refractivity contribution in [2.24, 2.45) is 5.10 Å². The van der Waals surface area contributed by atoms with Crippen LogP contribution < -0.4 is 14.9 Å². The first kappa shape index (κ1) is 19.1. The third-order valence-corrected chi connectivity index (χ3v) is 5.41. The van der Waals surface area contributed by atoms with Crippen LogP contribution >= 0.6 is 11.3 Å². The highest BCUT2D eigenvalue weighted by atomic mass is 32.1. The number of nitrogens with one attached hydrogen (secondary N) is 1. The molecule has 0 aliphatic carbocycles. The minimum Gasteiger partial charge on any atom is -0.493 e. The van der Waals surface area contributed by atoms with Gasteiger partial charge in [-0.3, -0.25) is 5.43 Å². The molecule has 0 atom stereocenters.